The molecule has 0 fully saturated rings. The number of anilines is 2. The van der Waals surface area contributed by atoms with Crippen molar-refractivity contribution in [1.82, 2.24) is 4.57 Å². The third kappa shape index (κ3) is 5.29. The van der Waals surface area contributed by atoms with Crippen molar-refractivity contribution in [1.29, 1.82) is 0 Å². The van der Waals surface area contributed by atoms with E-state index in [1.165, 1.54) is 101 Å². The van der Waals surface area contributed by atoms with Gasteiger partial charge < -0.3 is 14.3 Å². The van der Waals surface area contributed by atoms with Crippen LogP contribution in [-0.4, -0.2) is 11.8 Å². The molecule has 0 bridgehead atoms. The van der Waals surface area contributed by atoms with E-state index in [9.17, 15) is 0 Å². The first-order valence-electron chi connectivity index (χ1n) is 21.7. The first kappa shape index (κ1) is 36.3. The monoisotopic (exact) mass is 834 g/mol. The summed E-state index contributed by atoms with van der Waals surface area (Å²) < 4.78 is 14.6. The average Bonchev–Trinajstić information content (AvgIpc) is 4.00. The lowest BCUT2D eigenvalue weighted by molar-refractivity contribution is 0.590. The second-order valence-corrected chi connectivity index (χ2v) is 21.6. The zero-order chi connectivity index (χ0) is 41.8. The summed E-state index contributed by atoms with van der Waals surface area (Å²) in [4.78, 5) is 0. The predicted octanol–water partition coefficient (Wildman–Crippen LogP) is 15.1. The summed E-state index contributed by atoms with van der Waals surface area (Å²) >= 11 is 3.80. The molecule has 8 aromatic carbocycles. The topological polar surface area (TPSA) is 30.1 Å². The fourth-order valence-electron chi connectivity index (χ4n) is 10.2. The van der Waals surface area contributed by atoms with Crippen molar-refractivity contribution in [3.05, 3.63) is 151 Å². The summed E-state index contributed by atoms with van der Waals surface area (Å²) in [6, 6.07) is 52.7. The Morgan fingerprint density at radius 3 is 1.89 bits per heavy atom. The molecule has 3 nitrogen and oxygen atoms in total. The standard InChI is InChI=1S/C56H43BN2OS2/c1-55(2,3)30-15-18-32(19-16-30)58-44-28-48-40(39-23-31(56(4,5)6)17-22-47(39)60-48)24-37(44)35-20-21-36-38-25-41-33-11-7-9-13-49(33)62-52(41)29-45(38)59-46-26-42-34-12-8-10-14-50(34)61-51(42)27-43(46)57-53(35)54(36)59/h7-29,57-58H,1-6H3. The van der Waals surface area contributed by atoms with Gasteiger partial charge in [-0.25, -0.2) is 0 Å². The number of thiophene rings is 2. The van der Waals surface area contributed by atoms with Crippen LogP contribution in [0.15, 0.2) is 144 Å². The Labute approximate surface area is 368 Å². The number of benzene rings is 8. The molecule has 1 aliphatic rings. The van der Waals surface area contributed by atoms with Gasteiger partial charge in [0, 0.05) is 90.4 Å². The van der Waals surface area contributed by atoms with Gasteiger partial charge in [0.2, 0.25) is 0 Å². The largest absolute Gasteiger partial charge is 0.456 e. The second-order valence-electron chi connectivity index (χ2n) is 19.4. The van der Waals surface area contributed by atoms with E-state index >= 15 is 0 Å². The summed E-state index contributed by atoms with van der Waals surface area (Å²) in [5, 5.41) is 14.1. The molecular weight excluding hydrogens is 792 g/mol. The van der Waals surface area contributed by atoms with E-state index < -0.39 is 0 Å². The Morgan fingerprint density at radius 1 is 0.500 bits per heavy atom. The summed E-state index contributed by atoms with van der Waals surface area (Å²) in [6.45, 7) is 13.7. The molecule has 0 saturated carbocycles. The molecule has 0 radical (unpaired) electrons. The number of furan rings is 1. The van der Waals surface area contributed by atoms with E-state index in [4.69, 9.17) is 4.42 Å². The van der Waals surface area contributed by atoms with E-state index in [1.807, 2.05) is 22.7 Å². The molecule has 0 unspecified atom stereocenters. The Kier molecular flexibility index (Phi) is 7.40. The predicted molar refractivity (Wildman–Crippen MR) is 273 cm³/mol. The molecule has 6 heteroatoms. The van der Waals surface area contributed by atoms with E-state index in [2.05, 4.69) is 191 Å². The lowest BCUT2D eigenvalue weighted by Crippen LogP contribution is -2.37. The van der Waals surface area contributed by atoms with Crippen molar-refractivity contribution >= 4 is 136 Å². The Bertz CT molecular complexity index is 3880. The average molecular weight is 835 g/mol. The first-order chi connectivity index (χ1) is 29.9. The van der Waals surface area contributed by atoms with Crippen molar-refractivity contribution in [2.45, 2.75) is 52.4 Å². The van der Waals surface area contributed by atoms with Gasteiger partial charge in [0.25, 0.3) is 0 Å². The van der Waals surface area contributed by atoms with Gasteiger partial charge in [-0.05, 0) is 99.7 Å². The summed E-state index contributed by atoms with van der Waals surface area (Å²) in [6.07, 6.45) is 0. The van der Waals surface area contributed by atoms with E-state index in [0.29, 0.717) is 0 Å². The van der Waals surface area contributed by atoms with Crippen LogP contribution in [0.25, 0.3) is 101 Å². The van der Waals surface area contributed by atoms with Gasteiger partial charge in [-0.3, -0.25) is 0 Å². The zero-order valence-corrected chi connectivity index (χ0v) is 37.3. The molecule has 62 heavy (non-hydrogen) atoms. The third-order valence-corrected chi connectivity index (χ3v) is 15.8. The van der Waals surface area contributed by atoms with Gasteiger partial charge in [0.1, 0.15) is 11.2 Å². The maximum Gasteiger partial charge on any atom is 0.198 e. The molecule has 0 saturated heterocycles. The number of aromatic nitrogens is 1. The highest BCUT2D eigenvalue weighted by molar-refractivity contribution is 7.26. The van der Waals surface area contributed by atoms with Gasteiger partial charge in [-0.1, -0.05) is 114 Å². The van der Waals surface area contributed by atoms with Gasteiger partial charge in [-0.15, -0.1) is 22.7 Å². The van der Waals surface area contributed by atoms with Gasteiger partial charge in [0.15, 0.2) is 7.28 Å². The third-order valence-electron chi connectivity index (χ3n) is 13.5. The van der Waals surface area contributed by atoms with Gasteiger partial charge >= 0.3 is 0 Å². The van der Waals surface area contributed by atoms with Crippen LogP contribution < -0.4 is 16.2 Å². The van der Waals surface area contributed by atoms with Crippen LogP contribution in [0.2, 0.25) is 0 Å². The molecule has 0 atom stereocenters. The Hall–Kier alpha value is -6.34. The van der Waals surface area contributed by atoms with Crippen LogP contribution >= 0.6 is 22.7 Å². The zero-order valence-electron chi connectivity index (χ0n) is 35.7. The van der Waals surface area contributed by atoms with Gasteiger partial charge in [-0.2, -0.15) is 0 Å². The maximum absolute atomic E-state index is 6.68. The number of rotatable bonds is 3. The quantitative estimate of drug-likeness (QED) is 0.180. The van der Waals surface area contributed by atoms with Crippen molar-refractivity contribution in [2.75, 3.05) is 5.32 Å². The molecule has 12 aromatic rings. The van der Waals surface area contributed by atoms with Crippen LogP contribution in [0, 0.1) is 0 Å². The summed E-state index contributed by atoms with van der Waals surface area (Å²) in [5.74, 6) is 0. The van der Waals surface area contributed by atoms with Gasteiger partial charge in [0.05, 0.1) is 11.2 Å². The van der Waals surface area contributed by atoms with E-state index in [0.717, 1.165) is 40.6 Å². The minimum absolute atomic E-state index is 0.0119. The van der Waals surface area contributed by atoms with Crippen molar-refractivity contribution in [3.8, 4) is 16.8 Å². The molecule has 298 valence electrons. The van der Waals surface area contributed by atoms with Crippen molar-refractivity contribution in [2.24, 2.45) is 0 Å². The Morgan fingerprint density at radius 2 is 1.16 bits per heavy atom. The number of hydrogen-bond donors (Lipinski definition) is 1. The van der Waals surface area contributed by atoms with Crippen LogP contribution in [-0.2, 0) is 10.8 Å². The molecule has 0 spiro atoms. The number of fused-ring (bicyclic) bond motifs is 14. The summed E-state index contributed by atoms with van der Waals surface area (Å²) in [7, 11) is 0.831. The first-order valence-corrected chi connectivity index (χ1v) is 23.3. The lowest BCUT2D eigenvalue weighted by Gasteiger charge is -2.24. The second kappa shape index (κ2) is 12.6. The van der Waals surface area contributed by atoms with Crippen molar-refractivity contribution < 1.29 is 4.42 Å². The highest BCUT2D eigenvalue weighted by atomic mass is 32.1. The lowest BCUT2D eigenvalue weighted by atomic mass is 9.59. The molecule has 13 rings (SSSR count). The highest BCUT2D eigenvalue weighted by Crippen LogP contribution is 2.45. The fraction of sp³-hybridized carbons (Fsp3) is 0.143. The molecule has 0 aliphatic carbocycles. The van der Waals surface area contributed by atoms with Crippen LogP contribution in [0.5, 0.6) is 0 Å². The minimum Gasteiger partial charge on any atom is -0.456 e. The van der Waals surface area contributed by atoms with Crippen molar-refractivity contribution in [3.63, 3.8) is 0 Å². The normalized spacial score (nSPS) is 13.1. The Balaban J connectivity index is 1.11. The number of hydrogen-bond acceptors (Lipinski definition) is 4. The molecule has 1 aliphatic heterocycles. The van der Waals surface area contributed by atoms with Crippen LogP contribution in [0.3, 0.4) is 0 Å². The van der Waals surface area contributed by atoms with E-state index in [-0.39, 0.29) is 10.8 Å². The number of nitrogens with one attached hydrogen (secondary N) is 1. The van der Waals surface area contributed by atoms with Crippen LogP contribution in [0.1, 0.15) is 52.7 Å². The minimum atomic E-state index is 0.0119. The van der Waals surface area contributed by atoms with Crippen LogP contribution in [0.4, 0.5) is 11.4 Å². The molecule has 1 N–H and O–H groups in total. The molecule has 5 heterocycles. The smallest absolute Gasteiger partial charge is 0.198 e. The SMILES string of the molecule is CC(C)(C)c1ccc(Nc2cc3oc4ccc(C(C)(C)C)cc4c3cc2-c2ccc3c4cc5c(cc4n4c3c2Bc2cc3sc6ccccc6c3cc2-4)sc2ccccc25)cc1. The fourth-order valence-corrected chi connectivity index (χ4v) is 12.5. The summed E-state index contributed by atoms with van der Waals surface area (Å²) in [5.41, 5.74) is 15.6. The number of nitrogens with zero attached hydrogens (tertiary/aromatic N) is 1. The molecule has 4 aromatic heterocycles. The maximum atomic E-state index is 6.68. The molecule has 0 amide bonds. The molecular formula is C56H43BN2OS2. The highest BCUT2D eigenvalue weighted by Gasteiger charge is 2.29. The van der Waals surface area contributed by atoms with E-state index in [1.54, 1.807) is 0 Å².